The second-order valence-corrected chi connectivity index (χ2v) is 8.30. The smallest absolute Gasteiger partial charge is 0.341 e. The third kappa shape index (κ3) is 5.42. The molecule has 2 aromatic rings. The van der Waals surface area contributed by atoms with Crippen LogP contribution in [0.5, 0.6) is 0 Å². The van der Waals surface area contributed by atoms with Crippen LogP contribution in [0.3, 0.4) is 0 Å². The summed E-state index contributed by atoms with van der Waals surface area (Å²) in [6.45, 7) is 4.69. The number of nitrogens with one attached hydrogen (secondary N) is 1. The highest BCUT2D eigenvalue weighted by Crippen LogP contribution is 2.21. The van der Waals surface area contributed by atoms with E-state index in [-0.39, 0.29) is 18.0 Å². The largest absolute Gasteiger partial charge is 0.449 e. The van der Waals surface area contributed by atoms with E-state index in [1.165, 1.54) is 0 Å². The van der Waals surface area contributed by atoms with Crippen molar-refractivity contribution in [3.05, 3.63) is 59.4 Å². The highest BCUT2D eigenvalue weighted by molar-refractivity contribution is 7.89. The van der Waals surface area contributed by atoms with Gasteiger partial charge in [-0.15, -0.1) is 0 Å². The molecule has 0 radical (unpaired) electrons. The van der Waals surface area contributed by atoms with E-state index in [1.54, 1.807) is 13.8 Å². The molecule has 7 nitrogen and oxygen atoms in total. The standard InChI is InChI=1S/C20H21F3N2O5S/c1-4-25(5-2)31(28,29)13-9-10-15(21)14(11-13)20(27)30-12(3)19(26)24-18-16(22)7-6-8-17(18)23/h6-12H,4-5H2,1-3H3,(H,24,26). The van der Waals surface area contributed by atoms with E-state index >= 15 is 0 Å². The second-order valence-electron chi connectivity index (χ2n) is 6.36. The Morgan fingerprint density at radius 3 is 2.16 bits per heavy atom. The fourth-order valence-electron chi connectivity index (χ4n) is 2.65. The number of rotatable bonds is 8. The highest BCUT2D eigenvalue weighted by atomic mass is 32.2. The van der Waals surface area contributed by atoms with Crippen LogP contribution in [-0.2, 0) is 19.6 Å². The number of benzene rings is 2. The Morgan fingerprint density at radius 1 is 1.03 bits per heavy atom. The molecule has 0 saturated heterocycles. The average Bonchev–Trinajstić information content (AvgIpc) is 2.71. The van der Waals surface area contributed by atoms with Crippen LogP contribution < -0.4 is 5.32 Å². The summed E-state index contributed by atoms with van der Waals surface area (Å²) in [4.78, 5) is 24.2. The van der Waals surface area contributed by atoms with Gasteiger partial charge in [0.15, 0.2) is 6.10 Å². The zero-order valence-corrected chi connectivity index (χ0v) is 17.8. The number of amides is 1. The summed E-state index contributed by atoms with van der Waals surface area (Å²) in [7, 11) is -3.97. The molecule has 1 unspecified atom stereocenters. The van der Waals surface area contributed by atoms with Crippen molar-refractivity contribution in [3.63, 3.8) is 0 Å². The van der Waals surface area contributed by atoms with E-state index in [4.69, 9.17) is 4.74 Å². The number of anilines is 1. The molecule has 0 aliphatic carbocycles. The van der Waals surface area contributed by atoms with Gasteiger partial charge in [0.25, 0.3) is 5.91 Å². The molecule has 168 valence electrons. The Balaban J connectivity index is 2.22. The van der Waals surface area contributed by atoms with Gasteiger partial charge in [0.1, 0.15) is 23.1 Å². The quantitative estimate of drug-likeness (QED) is 0.613. The van der Waals surface area contributed by atoms with Crippen molar-refractivity contribution in [2.45, 2.75) is 31.8 Å². The minimum atomic E-state index is -3.97. The normalized spacial score (nSPS) is 12.5. The Hall–Kier alpha value is -2.92. The number of nitrogens with zero attached hydrogens (tertiary/aromatic N) is 1. The molecule has 0 fully saturated rings. The van der Waals surface area contributed by atoms with Crippen LogP contribution in [0.2, 0.25) is 0 Å². The third-order valence-electron chi connectivity index (χ3n) is 4.36. The summed E-state index contributed by atoms with van der Waals surface area (Å²) < 4.78 is 72.7. The van der Waals surface area contributed by atoms with Crippen molar-refractivity contribution >= 4 is 27.6 Å². The first-order valence-electron chi connectivity index (χ1n) is 9.28. The van der Waals surface area contributed by atoms with Gasteiger partial charge in [-0.25, -0.2) is 26.4 Å². The van der Waals surface area contributed by atoms with E-state index < -0.39 is 56.7 Å². The van der Waals surface area contributed by atoms with Gasteiger partial charge in [-0.05, 0) is 37.3 Å². The van der Waals surface area contributed by atoms with Crippen LogP contribution in [0, 0.1) is 17.5 Å². The summed E-state index contributed by atoms with van der Waals surface area (Å²) in [5.41, 5.74) is -1.43. The van der Waals surface area contributed by atoms with Crippen LogP contribution >= 0.6 is 0 Å². The second kappa shape index (κ2) is 9.92. The maximum atomic E-state index is 14.2. The number of ether oxygens (including phenoxy) is 1. The number of sulfonamides is 1. The molecule has 1 amide bonds. The predicted octanol–water partition coefficient (Wildman–Crippen LogP) is 3.32. The van der Waals surface area contributed by atoms with Crippen LogP contribution in [0.1, 0.15) is 31.1 Å². The molecule has 0 spiro atoms. The number of hydrogen-bond acceptors (Lipinski definition) is 5. The molecule has 0 bridgehead atoms. The number of halogens is 3. The molecule has 0 saturated carbocycles. The van der Waals surface area contributed by atoms with Crippen molar-refractivity contribution < 1.29 is 35.9 Å². The molecule has 0 aromatic heterocycles. The highest BCUT2D eigenvalue weighted by Gasteiger charge is 2.27. The molecule has 2 aromatic carbocycles. The lowest BCUT2D eigenvalue weighted by atomic mass is 10.2. The van der Waals surface area contributed by atoms with Crippen LogP contribution in [0.25, 0.3) is 0 Å². The zero-order chi connectivity index (χ0) is 23.3. The van der Waals surface area contributed by atoms with Crippen LogP contribution in [0.15, 0.2) is 41.3 Å². The van der Waals surface area contributed by atoms with Crippen molar-refractivity contribution in [2.24, 2.45) is 0 Å². The molecule has 1 atom stereocenters. The fraction of sp³-hybridized carbons (Fsp3) is 0.300. The van der Waals surface area contributed by atoms with E-state index in [2.05, 4.69) is 0 Å². The third-order valence-corrected chi connectivity index (χ3v) is 6.41. The maximum absolute atomic E-state index is 14.2. The Bertz CT molecular complexity index is 1070. The molecule has 2 rings (SSSR count). The van der Waals surface area contributed by atoms with Gasteiger partial charge < -0.3 is 10.1 Å². The van der Waals surface area contributed by atoms with E-state index in [9.17, 15) is 31.2 Å². The van der Waals surface area contributed by atoms with E-state index in [1.807, 2.05) is 5.32 Å². The number of hydrogen-bond donors (Lipinski definition) is 1. The average molecular weight is 458 g/mol. The van der Waals surface area contributed by atoms with Crippen molar-refractivity contribution in [1.29, 1.82) is 0 Å². The van der Waals surface area contributed by atoms with Gasteiger partial charge >= 0.3 is 5.97 Å². The zero-order valence-electron chi connectivity index (χ0n) is 17.0. The lowest BCUT2D eigenvalue weighted by molar-refractivity contribution is -0.123. The lowest BCUT2D eigenvalue weighted by Crippen LogP contribution is -2.32. The first-order valence-corrected chi connectivity index (χ1v) is 10.7. The molecule has 31 heavy (non-hydrogen) atoms. The summed E-state index contributed by atoms with van der Waals surface area (Å²) in [6.07, 6.45) is -1.56. The molecule has 0 aliphatic rings. The lowest BCUT2D eigenvalue weighted by Gasteiger charge is -2.19. The van der Waals surface area contributed by atoms with Crippen LogP contribution in [-0.4, -0.2) is 43.8 Å². The number of para-hydroxylation sites is 1. The minimum absolute atomic E-state index is 0.166. The van der Waals surface area contributed by atoms with E-state index in [0.29, 0.717) is 0 Å². The first kappa shape index (κ1) is 24.4. The number of carbonyl (C=O) groups excluding carboxylic acids is 2. The Labute approximate surface area is 177 Å². The Morgan fingerprint density at radius 2 is 1.61 bits per heavy atom. The molecule has 0 aliphatic heterocycles. The van der Waals surface area contributed by atoms with Crippen molar-refractivity contribution in [3.8, 4) is 0 Å². The monoisotopic (exact) mass is 458 g/mol. The molecule has 1 N–H and O–H groups in total. The SMILES string of the molecule is CCN(CC)S(=O)(=O)c1ccc(F)c(C(=O)OC(C)C(=O)Nc2c(F)cccc2F)c1. The number of carbonyl (C=O) groups is 2. The summed E-state index contributed by atoms with van der Waals surface area (Å²) in [5, 5.41) is 1.95. The molecular weight excluding hydrogens is 437 g/mol. The topological polar surface area (TPSA) is 92.8 Å². The molecule has 0 heterocycles. The molecular formula is C20H21F3N2O5S. The van der Waals surface area contributed by atoms with Gasteiger partial charge in [-0.2, -0.15) is 4.31 Å². The van der Waals surface area contributed by atoms with Gasteiger partial charge in [-0.1, -0.05) is 19.9 Å². The maximum Gasteiger partial charge on any atom is 0.341 e. The fourth-order valence-corrected chi connectivity index (χ4v) is 4.14. The first-order chi connectivity index (χ1) is 14.5. The number of esters is 1. The summed E-state index contributed by atoms with van der Waals surface area (Å²) in [6, 6.07) is 5.57. The summed E-state index contributed by atoms with van der Waals surface area (Å²) >= 11 is 0. The van der Waals surface area contributed by atoms with Gasteiger partial charge in [0, 0.05) is 13.1 Å². The van der Waals surface area contributed by atoms with Gasteiger partial charge in [0.05, 0.1) is 10.5 Å². The van der Waals surface area contributed by atoms with E-state index in [0.717, 1.165) is 47.6 Å². The predicted molar refractivity (Wildman–Crippen MR) is 106 cm³/mol. The molecule has 11 heteroatoms. The van der Waals surface area contributed by atoms with Gasteiger partial charge in [-0.3, -0.25) is 4.79 Å². The minimum Gasteiger partial charge on any atom is -0.449 e. The Kier molecular flexibility index (Phi) is 7.80. The van der Waals surface area contributed by atoms with Gasteiger partial charge in [0.2, 0.25) is 10.0 Å². The van der Waals surface area contributed by atoms with Crippen molar-refractivity contribution in [2.75, 3.05) is 18.4 Å². The van der Waals surface area contributed by atoms with Crippen molar-refractivity contribution in [1.82, 2.24) is 4.31 Å². The summed E-state index contributed by atoms with van der Waals surface area (Å²) in [5.74, 6) is -5.51. The van der Waals surface area contributed by atoms with Crippen LogP contribution in [0.4, 0.5) is 18.9 Å².